The van der Waals surface area contributed by atoms with Crippen LogP contribution in [-0.4, -0.2) is 62.2 Å². The molecule has 0 saturated carbocycles. The van der Waals surface area contributed by atoms with E-state index in [4.69, 9.17) is 0 Å². The number of anilines is 2. The van der Waals surface area contributed by atoms with E-state index in [9.17, 15) is 8.42 Å². The standard InChI is InChI=1S/C22H31N5O2S/c1-22(2,3)18-6-8-19(9-7-18)30(28,29)27-16-14-26(15-17-27)21-11-10-20(23-24-21)25-12-4-5-13-25/h6-11H,4-5,12-17H2,1-3H3. The molecule has 0 aliphatic carbocycles. The van der Waals surface area contributed by atoms with E-state index in [-0.39, 0.29) is 5.41 Å². The summed E-state index contributed by atoms with van der Waals surface area (Å²) >= 11 is 0. The molecule has 0 spiro atoms. The molecule has 30 heavy (non-hydrogen) atoms. The van der Waals surface area contributed by atoms with Gasteiger partial charge in [-0.2, -0.15) is 4.31 Å². The highest BCUT2D eigenvalue weighted by Gasteiger charge is 2.29. The zero-order chi connectivity index (χ0) is 21.4. The number of rotatable bonds is 4. The van der Waals surface area contributed by atoms with E-state index < -0.39 is 10.0 Å². The van der Waals surface area contributed by atoms with Gasteiger partial charge in [0.25, 0.3) is 0 Å². The molecule has 8 heteroatoms. The van der Waals surface area contributed by atoms with Gasteiger partial charge in [-0.1, -0.05) is 32.9 Å². The SMILES string of the molecule is CC(C)(C)c1ccc(S(=O)(=O)N2CCN(c3ccc(N4CCCC4)nn3)CC2)cc1. The fourth-order valence-corrected chi connectivity index (χ4v) is 5.46. The summed E-state index contributed by atoms with van der Waals surface area (Å²) in [5.74, 6) is 1.74. The normalized spacial score (nSPS) is 18.8. The summed E-state index contributed by atoms with van der Waals surface area (Å²) in [7, 11) is -3.48. The van der Waals surface area contributed by atoms with Crippen LogP contribution < -0.4 is 9.80 Å². The molecule has 2 fully saturated rings. The Hall–Kier alpha value is -2.19. The number of aromatic nitrogens is 2. The van der Waals surface area contributed by atoms with Crippen LogP contribution in [0.2, 0.25) is 0 Å². The molecule has 2 saturated heterocycles. The number of nitrogens with zero attached hydrogens (tertiary/aromatic N) is 5. The highest BCUT2D eigenvalue weighted by molar-refractivity contribution is 7.89. The van der Waals surface area contributed by atoms with E-state index >= 15 is 0 Å². The second-order valence-corrected chi connectivity index (χ2v) is 11.0. The first-order chi connectivity index (χ1) is 14.2. The number of hydrogen-bond donors (Lipinski definition) is 0. The molecule has 0 unspecified atom stereocenters. The van der Waals surface area contributed by atoms with Gasteiger partial charge in [0.1, 0.15) is 0 Å². The number of sulfonamides is 1. The van der Waals surface area contributed by atoms with Crippen LogP contribution in [0.4, 0.5) is 11.6 Å². The Kier molecular flexibility index (Phi) is 5.72. The van der Waals surface area contributed by atoms with Gasteiger partial charge in [-0.05, 0) is 48.1 Å². The fourth-order valence-electron chi connectivity index (χ4n) is 4.04. The van der Waals surface area contributed by atoms with E-state index in [0.717, 1.165) is 30.3 Å². The number of benzene rings is 1. The monoisotopic (exact) mass is 429 g/mol. The second-order valence-electron chi connectivity index (χ2n) is 9.11. The minimum absolute atomic E-state index is 0.000716. The Balaban J connectivity index is 1.40. The lowest BCUT2D eigenvalue weighted by atomic mass is 9.87. The van der Waals surface area contributed by atoms with Crippen LogP contribution in [0.25, 0.3) is 0 Å². The molecule has 2 aliphatic heterocycles. The lowest BCUT2D eigenvalue weighted by Gasteiger charge is -2.34. The van der Waals surface area contributed by atoms with Gasteiger partial charge in [0.2, 0.25) is 10.0 Å². The predicted molar refractivity (Wildman–Crippen MR) is 120 cm³/mol. The molecule has 1 aromatic carbocycles. The summed E-state index contributed by atoms with van der Waals surface area (Å²) in [6.07, 6.45) is 2.41. The van der Waals surface area contributed by atoms with Gasteiger partial charge in [-0.25, -0.2) is 8.42 Å². The Morgan fingerprint density at radius 1 is 0.733 bits per heavy atom. The van der Waals surface area contributed by atoms with Gasteiger partial charge in [0, 0.05) is 39.3 Å². The molecular weight excluding hydrogens is 398 g/mol. The summed E-state index contributed by atoms with van der Waals surface area (Å²) in [5, 5.41) is 8.77. The maximum Gasteiger partial charge on any atom is 0.243 e. The quantitative estimate of drug-likeness (QED) is 0.744. The van der Waals surface area contributed by atoms with E-state index in [1.165, 1.54) is 12.8 Å². The first kappa shape index (κ1) is 21.1. The molecule has 162 valence electrons. The fraction of sp³-hybridized carbons (Fsp3) is 0.545. The van der Waals surface area contributed by atoms with Gasteiger partial charge in [-0.15, -0.1) is 10.2 Å². The van der Waals surface area contributed by atoms with Crippen molar-refractivity contribution in [1.82, 2.24) is 14.5 Å². The van der Waals surface area contributed by atoms with Crippen LogP contribution in [-0.2, 0) is 15.4 Å². The van der Waals surface area contributed by atoms with Crippen molar-refractivity contribution in [2.45, 2.75) is 43.9 Å². The molecule has 0 amide bonds. The van der Waals surface area contributed by atoms with Crippen molar-refractivity contribution in [2.24, 2.45) is 0 Å². The van der Waals surface area contributed by atoms with Crippen molar-refractivity contribution in [3.8, 4) is 0 Å². The molecule has 2 aliphatic rings. The third-order valence-corrected chi connectivity index (χ3v) is 7.90. The third kappa shape index (κ3) is 4.30. The van der Waals surface area contributed by atoms with Crippen molar-refractivity contribution in [2.75, 3.05) is 49.1 Å². The van der Waals surface area contributed by atoms with Gasteiger partial charge < -0.3 is 9.80 Å². The van der Waals surface area contributed by atoms with E-state index in [1.54, 1.807) is 16.4 Å². The minimum Gasteiger partial charge on any atom is -0.355 e. The third-order valence-electron chi connectivity index (χ3n) is 5.99. The smallest absolute Gasteiger partial charge is 0.243 e. The van der Waals surface area contributed by atoms with E-state index in [0.29, 0.717) is 31.1 Å². The molecule has 0 N–H and O–H groups in total. The topological polar surface area (TPSA) is 69.6 Å². The molecule has 3 heterocycles. The Morgan fingerprint density at radius 3 is 1.70 bits per heavy atom. The summed E-state index contributed by atoms with van der Waals surface area (Å²) in [6, 6.07) is 11.3. The van der Waals surface area contributed by atoms with Crippen LogP contribution >= 0.6 is 0 Å². The first-order valence-corrected chi connectivity index (χ1v) is 12.1. The largest absolute Gasteiger partial charge is 0.355 e. The number of hydrogen-bond acceptors (Lipinski definition) is 6. The zero-order valence-electron chi connectivity index (χ0n) is 18.1. The van der Waals surface area contributed by atoms with Gasteiger partial charge in [0.05, 0.1) is 4.90 Å². The molecule has 0 bridgehead atoms. The van der Waals surface area contributed by atoms with Crippen LogP contribution in [0.5, 0.6) is 0 Å². The predicted octanol–water partition coefficient (Wildman–Crippen LogP) is 2.89. The lowest BCUT2D eigenvalue weighted by Crippen LogP contribution is -2.49. The van der Waals surface area contributed by atoms with Crippen molar-refractivity contribution < 1.29 is 8.42 Å². The summed E-state index contributed by atoms with van der Waals surface area (Å²) in [5.41, 5.74) is 1.13. The minimum atomic E-state index is -3.48. The Labute approximate surface area is 179 Å². The summed E-state index contributed by atoms with van der Waals surface area (Å²) in [6.45, 7) is 10.6. The van der Waals surface area contributed by atoms with Gasteiger partial charge in [-0.3, -0.25) is 0 Å². The Morgan fingerprint density at radius 2 is 1.23 bits per heavy atom. The highest BCUT2D eigenvalue weighted by Crippen LogP contribution is 2.26. The van der Waals surface area contributed by atoms with E-state index in [1.807, 2.05) is 24.3 Å². The van der Waals surface area contributed by atoms with Crippen molar-refractivity contribution in [3.05, 3.63) is 42.0 Å². The average molecular weight is 430 g/mol. The maximum absolute atomic E-state index is 13.1. The molecule has 2 aromatic rings. The Bertz CT molecular complexity index is 954. The van der Waals surface area contributed by atoms with Crippen molar-refractivity contribution in [3.63, 3.8) is 0 Å². The average Bonchev–Trinajstić information content (AvgIpc) is 3.28. The van der Waals surface area contributed by atoms with Gasteiger partial charge >= 0.3 is 0 Å². The molecule has 4 rings (SSSR count). The lowest BCUT2D eigenvalue weighted by molar-refractivity contribution is 0.383. The summed E-state index contributed by atoms with van der Waals surface area (Å²) in [4.78, 5) is 4.72. The van der Waals surface area contributed by atoms with E-state index in [2.05, 4.69) is 40.8 Å². The van der Waals surface area contributed by atoms with Crippen LogP contribution in [0.15, 0.2) is 41.3 Å². The first-order valence-electron chi connectivity index (χ1n) is 10.7. The highest BCUT2D eigenvalue weighted by atomic mass is 32.2. The van der Waals surface area contributed by atoms with Crippen LogP contribution in [0.1, 0.15) is 39.2 Å². The van der Waals surface area contributed by atoms with Crippen LogP contribution in [0, 0.1) is 0 Å². The summed E-state index contributed by atoms with van der Waals surface area (Å²) < 4.78 is 27.7. The second kappa shape index (κ2) is 8.15. The molecule has 0 radical (unpaired) electrons. The molecule has 0 atom stereocenters. The molecule has 1 aromatic heterocycles. The maximum atomic E-state index is 13.1. The number of piperazine rings is 1. The molecule has 7 nitrogen and oxygen atoms in total. The van der Waals surface area contributed by atoms with Crippen molar-refractivity contribution in [1.29, 1.82) is 0 Å². The molecular formula is C22H31N5O2S. The van der Waals surface area contributed by atoms with Crippen molar-refractivity contribution >= 4 is 21.7 Å². The van der Waals surface area contributed by atoms with Gasteiger partial charge in [0.15, 0.2) is 11.6 Å². The zero-order valence-corrected chi connectivity index (χ0v) is 18.9. The van der Waals surface area contributed by atoms with Crippen LogP contribution in [0.3, 0.4) is 0 Å².